The van der Waals surface area contributed by atoms with Crippen molar-refractivity contribution in [3.05, 3.63) is 107 Å². The maximum absolute atomic E-state index is 14.3. The number of esters is 1. The van der Waals surface area contributed by atoms with E-state index in [0.717, 1.165) is 16.6 Å². The van der Waals surface area contributed by atoms with E-state index < -0.39 is 34.6 Å². The summed E-state index contributed by atoms with van der Waals surface area (Å²) in [5.74, 6) is -3.39. The molecule has 41 heavy (non-hydrogen) atoms. The van der Waals surface area contributed by atoms with E-state index in [2.05, 4.69) is 11.6 Å². The summed E-state index contributed by atoms with van der Waals surface area (Å²) >= 11 is 0. The van der Waals surface area contributed by atoms with Crippen molar-refractivity contribution < 1.29 is 24.2 Å². The Labute approximate surface area is 238 Å². The van der Waals surface area contributed by atoms with Gasteiger partial charge in [0.15, 0.2) is 11.5 Å². The minimum atomic E-state index is -0.793. The lowest BCUT2D eigenvalue weighted by Crippen LogP contribution is -2.26. The Balaban J connectivity index is 1.80. The van der Waals surface area contributed by atoms with E-state index in [9.17, 15) is 19.5 Å². The van der Waals surface area contributed by atoms with Crippen molar-refractivity contribution in [3.63, 3.8) is 0 Å². The van der Waals surface area contributed by atoms with Crippen molar-refractivity contribution in [1.82, 2.24) is 9.55 Å². The third-order valence-electron chi connectivity index (χ3n) is 7.43. The number of nitrogens with one attached hydrogen (secondary N) is 1. The van der Waals surface area contributed by atoms with Gasteiger partial charge in [0.25, 0.3) is 0 Å². The first-order chi connectivity index (χ1) is 19.5. The topological polar surface area (TPSA) is 101 Å². The van der Waals surface area contributed by atoms with Gasteiger partial charge in [0.2, 0.25) is 11.6 Å². The maximum atomic E-state index is 14.3. The molecule has 0 unspecified atom stereocenters. The van der Waals surface area contributed by atoms with Crippen LogP contribution in [-0.4, -0.2) is 32.2 Å². The van der Waals surface area contributed by atoms with Gasteiger partial charge in [-0.1, -0.05) is 54.1 Å². The fourth-order valence-corrected chi connectivity index (χ4v) is 5.28. The number of Topliss-reactive ketones (excluding diaryl/α,β-unsaturated/α-hetero) is 2. The highest BCUT2D eigenvalue weighted by molar-refractivity contribution is 6.48. The number of para-hydroxylation sites is 2. The zero-order valence-electron chi connectivity index (χ0n) is 23.8. The van der Waals surface area contributed by atoms with Crippen LogP contribution < -0.4 is 0 Å². The number of aliphatic hydroxyl groups excluding tert-OH is 1. The summed E-state index contributed by atoms with van der Waals surface area (Å²) in [7, 11) is 0. The third-order valence-corrected chi connectivity index (χ3v) is 7.43. The predicted molar refractivity (Wildman–Crippen MR) is 161 cm³/mol. The molecule has 5 rings (SSSR count). The Hall–Kier alpha value is -4.91. The summed E-state index contributed by atoms with van der Waals surface area (Å²) in [6, 6.07) is 14.8. The van der Waals surface area contributed by atoms with Crippen LogP contribution >= 0.6 is 0 Å². The van der Waals surface area contributed by atoms with E-state index in [4.69, 9.17) is 4.74 Å². The number of hydrogen-bond acceptors (Lipinski definition) is 5. The number of allylic oxidation sites excluding steroid dienone is 5. The molecule has 0 bridgehead atoms. The van der Waals surface area contributed by atoms with Crippen LogP contribution in [0.3, 0.4) is 0 Å². The Morgan fingerprint density at radius 2 is 1.66 bits per heavy atom. The van der Waals surface area contributed by atoms with Crippen LogP contribution in [0.4, 0.5) is 0 Å². The Morgan fingerprint density at radius 1 is 1.00 bits per heavy atom. The van der Waals surface area contributed by atoms with Gasteiger partial charge in [0, 0.05) is 58.2 Å². The van der Waals surface area contributed by atoms with Crippen molar-refractivity contribution in [3.8, 4) is 0 Å². The van der Waals surface area contributed by atoms with Crippen LogP contribution in [0, 0.1) is 0 Å². The lowest BCUT2D eigenvalue weighted by Gasteiger charge is -2.24. The zero-order chi connectivity index (χ0) is 29.6. The monoisotopic (exact) mass is 548 g/mol. The molecular formula is C34H32N2O5. The van der Waals surface area contributed by atoms with E-state index >= 15 is 0 Å². The molecular weight excluding hydrogens is 516 g/mol. The highest BCUT2D eigenvalue weighted by Gasteiger charge is 2.41. The van der Waals surface area contributed by atoms with E-state index in [1.165, 1.54) is 6.92 Å². The number of carbonyl (C=O) groups is 3. The molecule has 7 nitrogen and oxygen atoms in total. The summed E-state index contributed by atoms with van der Waals surface area (Å²) < 4.78 is 7.46. The highest BCUT2D eigenvalue weighted by atomic mass is 16.5. The SMILES string of the molecule is C=CC(C)(C)n1cc(C2=C(O)C(=O)C(c3c(CC=C(C)C)[nH]c4ccccc34)=C(OC(C)=O)C2=O)c2ccccc21. The number of aromatic amines is 1. The molecule has 208 valence electrons. The van der Waals surface area contributed by atoms with Crippen LogP contribution in [0.2, 0.25) is 0 Å². The number of fused-ring (bicyclic) bond motifs is 2. The van der Waals surface area contributed by atoms with E-state index in [1.54, 1.807) is 12.3 Å². The number of ketones is 2. The Bertz CT molecular complexity index is 1870. The highest BCUT2D eigenvalue weighted by Crippen LogP contribution is 2.42. The average molecular weight is 549 g/mol. The van der Waals surface area contributed by atoms with Crippen LogP contribution in [0.5, 0.6) is 0 Å². The van der Waals surface area contributed by atoms with Gasteiger partial charge in [-0.3, -0.25) is 14.4 Å². The second-order valence-corrected chi connectivity index (χ2v) is 11.0. The number of aromatic nitrogens is 2. The number of rotatable bonds is 7. The number of hydrogen-bond donors (Lipinski definition) is 2. The molecule has 0 aliphatic heterocycles. The molecule has 0 amide bonds. The van der Waals surface area contributed by atoms with E-state index in [1.807, 2.05) is 86.9 Å². The fraction of sp³-hybridized carbons (Fsp3) is 0.206. The molecule has 1 aliphatic rings. The quantitative estimate of drug-likeness (QED) is 0.148. The van der Waals surface area contributed by atoms with Crippen molar-refractivity contribution in [2.75, 3.05) is 0 Å². The van der Waals surface area contributed by atoms with Gasteiger partial charge in [0.05, 0.1) is 16.7 Å². The van der Waals surface area contributed by atoms with Gasteiger partial charge in [-0.2, -0.15) is 0 Å². The van der Waals surface area contributed by atoms with Crippen LogP contribution in [0.15, 0.2) is 90.6 Å². The van der Waals surface area contributed by atoms with Gasteiger partial charge >= 0.3 is 5.97 Å². The maximum Gasteiger partial charge on any atom is 0.308 e. The van der Waals surface area contributed by atoms with Gasteiger partial charge in [0.1, 0.15) is 0 Å². The molecule has 2 heterocycles. The predicted octanol–water partition coefficient (Wildman–Crippen LogP) is 6.95. The molecule has 1 aliphatic carbocycles. The molecule has 0 fully saturated rings. The molecule has 7 heteroatoms. The van der Waals surface area contributed by atoms with Gasteiger partial charge in [-0.15, -0.1) is 6.58 Å². The molecule has 4 aromatic rings. The largest absolute Gasteiger partial charge is 0.504 e. The normalized spacial score (nSPS) is 14.3. The van der Waals surface area contributed by atoms with Crippen molar-refractivity contribution in [2.45, 2.75) is 46.6 Å². The van der Waals surface area contributed by atoms with Crippen LogP contribution in [0.25, 0.3) is 33.0 Å². The first kappa shape index (κ1) is 27.6. The number of benzene rings is 2. The summed E-state index contributed by atoms with van der Waals surface area (Å²) in [6.07, 6.45) is 5.93. The lowest BCUT2D eigenvalue weighted by atomic mass is 9.84. The minimum absolute atomic E-state index is 0.142. The molecule has 0 saturated heterocycles. The minimum Gasteiger partial charge on any atom is -0.504 e. The van der Waals surface area contributed by atoms with E-state index in [0.29, 0.717) is 34.0 Å². The van der Waals surface area contributed by atoms with Crippen molar-refractivity contribution in [2.24, 2.45) is 0 Å². The average Bonchev–Trinajstić information content (AvgIpc) is 3.50. The van der Waals surface area contributed by atoms with Gasteiger partial charge in [-0.05, 0) is 39.8 Å². The first-order valence-electron chi connectivity index (χ1n) is 13.4. The molecule has 2 aromatic heterocycles. The van der Waals surface area contributed by atoms with Gasteiger partial charge in [-0.25, -0.2) is 0 Å². The fourth-order valence-electron chi connectivity index (χ4n) is 5.28. The zero-order valence-corrected chi connectivity index (χ0v) is 23.8. The number of nitrogens with zero attached hydrogens (tertiary/aromatic N) is 1. The molecule has 0 spiro atoms. The summed E-state index contributed by atoms with van der Waals surface area (Å²) in [5.41, 5.74) is 3.15. The van der Waals surface area contributed by atoms with Crippen LogP contribution in [0.1, 0.15) is 51.4 Å². The molecule has 0 radical (unpaired) electrons. The standard InChI is InChI=1S/C34H32N2O5/c1-7-34(5,6)36-18-23(21-12-9-11-15-26(21)36)28-30(38)31(39)29(33(32(28)40)41-20(4)37)27-22-13-8-10-14-24(22)35-25(27)17-16-19(2)3/h7-16,18,35,38H,1,17H2,2-6H3. The lowest BCUT2D eigenvalue weighted by molar-refractivity contribution is -0.139. The summed E-state index contributed by atoms with van der Waals surface area (Å²) in [6.45, 7) is 13.0. The third kappa shape index (κ3) is 4.63. The number of ether oxygens (including phenoxy) is 1. The number of H-pyrrole nitrogens is 1. The van der Waals surface area contributed by atoms with Crippen molar-refractivity contribution in [1.29, 1.82) is 0 Å². The number of aliphatic hydroxyl groups is 1. The second-order valence-electron chi connectivity index (χ2n) is 11.0. The second kappa shape index (κ2) is 10.2. The van der Waals surface area contributed by atoms with E-state index in [-0.39, 0.29) is 11.1 Å². The summed E-state index contributed by atoms with van der Waals surface area (Å²) in [5, 5.41) is 12.8. The first-order valence-corrected chi connectivity index (χ1v) is 13.4. The molecule has 0 saturated carbocycles. The summed E-state index contributed by atoms with van der Waals surface area (Å²) in [4.78, 5) is 44.0. The number of carbonyl (C=O) groups excluding carboxylic acids is 3. The molecule has 0 atom stereocenters. The van der Waals surface area contributed by atoms with Crippen molar-refractivity contribution >= 4 is 50.5 Å². The Morgan fingerprint density at radius 3 is 2.32 bits per heavy atom. The molecule has 2 aromatic carbocycles. The molecule has 2 N–H and O–H groups in total. The van der Waals surface area contributed by atoms with Gasteiger partial charge < -0.3 is 19.4 Å². The smallest absolute Gasteiger partial charge is 0.308 e. The Kier molecular flexibility index (Phi) is 6.91. The van der Waals surface area contributed by atoms with Crippen LogP contribution in [-0.2, 0) is 31.1 Å².